The molecule has 2 saturated heterocycles. The molecule has 102 valence electrons. The molecule has 2 heterocycles. The summed E-state index contributed by atoms with van der Waals surface area (Å²) in [5.41, 5.74) is 5.22. The van der Waals surface area contributed by atoms with Crippen molar-refractivity contribution in [1.29, 1.82) is 0 Å². The lowest BCUT2D eigenvalue weighted by Gasteiger charge is -2.32. The van der Waals surface area contributed by atoms with Crippen LogP contribution in [-0.2, 0) is 9.53 Å². The fourth-order valence-corrected chi connectivity index (χ4v) is 2.52. The van der Waals surface area contributed by atoms with E-state index in [1.807, 2.05) is 0 Å². The molecule has 0 spiro atoms. The van der Waals surface area contributed by atoms with E-state index in [0.717, 1.165) is 25.7 Å². The number of hydrogen-bond acceptors (Lipinski definition) is 3. The van der Waals surface area contributed by atoms with Crippen LogP contribution < -0.4 is 11.1 Å². The predicted molar refractivity (Wildman–Crippen MR) is 65.9 cm³/mol. The molecule has 0 saturated carbocycles. The number of urea groups is 1. The molecule has 2 rings (SSSR count). The van der Waals surface area contributed by atoms with Crippen molar-refractivity contribution < 1.29 is 14.3 Å². The van der Waals surface area contributed by atoms with Gasteiger partial charge in [0, 0.05) is 38.3 Å². The summed E-state index contributed by atoms with van der Waals surface area (Å²) >= 11 is 0. The Labute approximate surface area is 107 Å². The zero-order valence-electron chi connectivity index (χ0n) is 10.6. The minimum absolute atomic E-state index is 0.0907. The van der Waals surface area contributed by atoms with Crippen LogP contribution in [0.25, 0.3) is 0 Å². The van der Waals surface area contributed by atoms with Crippen molar-refractivity contribution in [3.8, 4) is 0 Å². The molecule has 0 atom stereocenters. The highest BCUT2D eigenvalue weighted by Crippen LogP contribution is 2.16. The van der Waals surface area contributed by atoms with Gasteiger partial charge in [-0.2, -0.15) is 0 Å². The number of amides is 3. The molecule has 0 aromatic carbocycles. The van der Waals surface area contributed by atoms with Gasteiger partial charge in [0.15, 0.2) is 0 Å². The Bertz CT molecular complexity index is 308. The Balaban J connectivity index is 1.73. The summed E-state index contributed by atoms with van der Waals surface area (Å²) in [6.07, 6.45) is 3.20. The summed E-state index contributed by atoms with van der Waals surface area (Å²) < 4.78 is 5.24. The van der Waals surface area contributed by atoms with Gasteiger partial charge in [0.05, 0.1) is 0 Å². The summed E-state index contributed by atoms with van der Waals surface area (Å²) in [5.74, 6) is 0.226. The van der Waals surface area contributed by atoms with Crippen molar-refractivity contribution >= 4 is 11.9 Å². The summed E-state index contributed by atoms with van der Waals surface area (Å²) in [4.78, 5) is 24.6. The Kier molecular flexibility index (Phi) is 4.41. The molecule has 0 aromatic heterocycles. The fraction of sp³-hybridized carbons (Fsp3) is 0.833. The highest BCUT2D eigenvalue weighted by molar-refractivity contribution is 5.79. The molecule has 18 heavy (non-hydrogen) atoms. The number of carbonyl (C=O) groups is 2. The van der Waals surface area contributed by atoms with E-state index in [2.05, 4.69) is 5.32 Å². The lowest BCUT2D eigenvalue weighted by Crippen LogP contribution is -2.49. The summed E-state index contributed by atoms with van der Waals surface area (Å²) in [6, 6.07) is -0.194. The van der Waals surface area contributed by atoms with Gasteiger partial charge in [-0.1, -0.05) is 0 Å². The minimum atomic E-state index is -0.371. The predicted octanol–water partition coefficient (Wildman–Crippen LogP) is 0.0723. The molecule has 3 amide bonds. The maximum absolute atomic E-state index is 12.0. The minimum Gasteiger partial charge on any atom is -0.381 e. The first kappa shape index (κ1) is 13.1. The summed E-state index contributed by atoms with van der Waals surface area (Å²) in [5, 5.41) is 3.07. The average Bonchev–Trinajstić information content (AvgIpc) is 2.40. The molecule has 3 N–H and O–H groups in total. The van der Waals surface area contributed by atoms with Gasteiger partial charge in [-0.3, -0.25) is 4.79 Å². The van der Waals surface area contributed by atoms with Crippen LogP contribution >= 0.6 is 0 Å². The third kappa shape index (κ3) is 3.35. The molecule has 0 aromatic rings. The molecule has 0 aliphatic carbocycles. The van der Waals surface area contributed by atoms with E-state index in [-0.39, 0.29) is 23.9 Å². The number of carbonyl (C=O) groups excluding carboxylic acids is 2. The van der Waals surface area contributed by atoms with Crippen molar-refractivity contribution in [2.45, 2.75) is 31.7 Å². The second-order valence-corrected chi connectivity index (χ2v) is 4.99. The zero-order chi connectivity index (χ0) is 13.0. The van der Waals surface area contributed by atoms with E-state index in [0.29, 0.717) is 26.3 Å². The van der Waals surface area contributed by atoms with E-state index in [9.17, 15) is 9.59 Å². The highest BCUT2D eigenvalue weighted by atomic mass is 16.5. The molecule has 6 nitrogen and oxygen atoms in total. The normalized spacial score (nSPS) is 22.8. The van der Waals surface area contributed by atoms with E-state index in [4.69, 9.17) is 10.5 Å². The van der Waals surface area contributed by atoms with E-state index in [1.165, 1.54) is 0 Å². The standard InChI is InChI=1S/C12H21N3O3/c13-12(17)15-5-1-10(2-6-15)14-11(16)9-3-7-18-8-4-9/h9-10H,1-8H2,(H2,13,17)(H,14,16). The maximum atomic E-state index is 12.0. The third-order valence-corrected chi connectivity index (χ3v) is 3.75. The van der Waals surface area contributed by atoms with E-state index in [1.54, 1.807) is 4.90 Å². The number of ether oxygens (including phenoxy) is 1. The lowest BCUT2D eigenvalue weighted by molar-refractivity contribution is -0.128. The lowest BCUT2D eigenvalue weighted by atomic mass is 9.97. The number of nitrogens with one attached hydrogen (secondary N) is 1. The van der Waals surface area contributed by atoms with Crippen LogP contribution in [0.3, 0.4) is 0 Å². The maximum Gasteiger partial charge on any atom is 0.314 e. The molecule has 2 aliphatic heterocycles. The number of primary amides is 1. The molecule has 0 radical (unpaired) electrons. The van der Waals surface area contributed by atoms with Gasteiger partial charge in [-0.25, -0.2) is 4.79 Å². The molecule has 0 unspecified atom stereocenters. The molecule has 6 heteroatoms. The van der Waals surface area contributed by atoms with Gasteiger partial charge in [0.2, 0.25) is 5.91 Å². The van der Waals surface area contributed by atoms with E-state index < -0.39 is 0 Å². The zero-order valence-corrected chi connectivity index (χ0v) is 10.6. The smallest absolute Gasteiger partial charge is 0.314 e. The SMILES string of the molecule is NC(=O)N1CCC(NC(=O)C2CCOCC2)CC1. The Morgan fingerprint density at radius 3 is 2.28 bits per heavy atom. The first-order valence-corrected chi connectivity index (χ1v) is 6.59. The molecule has 2 fully saturated rings. The number of rotatable bonds is 2. The first-order chi connectivity index (χ1) is 8.66. The monoisotopic (exact) mass is 255 g/mol. The van der Waals surface area contributed by atoms with Crippen molar-refractivity contribution in [2.24, 2.45) is 11.7 Å². The van der Waals surface area contributed by atoms with Crippen molar-refractivity contribution in [1.82, 2.24) is 10.2 Å². The van der Waals surface area contributed by atoms with Gasteiger partial charge in [0.25, 0.3) is 0 Å². The number of nitrogens with zero attached hydrogens (tertiary/aromatic N) is 1. The topological polar surface area (TPSA) is 84.7 Å². The second-order valence-electron chi connectivity index (χ2n) is 4.99. The largest absolute Gasteiger partial charge is 0.381 e. The summed E-state index contributed by atoms with van der Waals surface area (Å²) in [7, 11) is 0. The van der Waals surface area contributed by atoms with Crippen molar-refractivity contribution in [2.75, 3.05) is 26.3 Å². The molecular weight excluding hydrogens is 234 g/mol. The van der Waals surface area contributed by atoms with Crippen LogP contribution in [0.4, 0.5) is 4.79 Å². The highest BCUT2D eigenvalue weighted by Gasteiger charge is 2.26. The Morgan fingerprint density at radius 2 is 1.72 bits per heavy atom. The van der Waals surface area contributed by atoms with Crippen LogP contribution in [0, 0.1) is 5.92 Å². The van der Waals surface area contributed by atoms with Crippen molar-refractivity contribution in [3.05, 3.63) is 0 Å². The molecular formula is C12H21N3O3. The van der Waals surface area contributed by atoms with Crippen LogP contribution in [0.5, 0.6) is 0 Å². The van der Waals surface area contributed by atoms with E-state index >= 15 is 0 Å². The van der Waals surface area contributed by atoms with Gasteiger partial charge in [-0.15, -0.1) is 0 Å². The molecule has 0 bridgehead atoms. The Hall–Kier alpha value is -1.30. The Morgan fingerprint density at radius 1 is 1.11 bits per heavy atom. The van der Waals surface area contributed by atoms with Gasteiger partial charge in [-0.05, 0) is 25.7 Å². The van der Waals surface area contributed by atoms with Gasteiger partial charge < -0.3 is 20.7 Å². The van der Waals surface area contributed by atoms with Crippen molar-refractivity contribution in [3.63, 3.8) is 0 Å². The number of hydrogen-bond donors (Lipinski definition) is 2. The number of likely N-dealkylation sites (tertiary alicyclic amines) is 1. The second kappa shape index (κ2) is 6.04. The fourth-order valence-electron chi connectivity index (χ4n) is 2.52. The quantitative estimate of drug-likeness (QED) is 0.732. The summed E-state index contributed by atoms with van der Waals surface area (Å²) in [6.45, 7) is 2.62. The molecule has 2 aliphatic rings. The average molecular weight is 255 g/mol. The van der Waals surface area contributed by atoms with Crippen LogP contribution in [-0.4, -0.2) is 49.2 Å². The number of piperidine rings is 1. The van der Waals surface area contributed by atoms with Gasteiger partial charge >= 0.3 is 6.03 Å². The van der Waals surface area contributed by atoms with Gasteiger partial charge in [0.1, 0.15) is 0 Å². The third-order valence-electron chi connectivity index (χ3n) is 3.75. The first-order valence-electron chi connectivity index (χ1n) is 6.59. The van der Waals surface area contributed by atoms with Crippen LogP contribution in [0.15, 0.2) is 0 Å². The van der Waals surface area contributed by atoms with Crippen LogP contribution in [0.1, 0.15) is 25.7 Å². The van der Waals surface area contributed by atoms with Crippen LogP contribution in [0.2, 0.25) is 0 Å². The number of nitrogens with two attached hydrogens (primary N) is 1.